The van der Waals surface area contributed by atoms with Crippen LogP contribution in [0.1, 0.15) is 44.5 Å². The normalized spacial score (nSPS) is 10.1. The molecule has 1 aromatic carbocycles. The van der Waals surface area contributed by atoms with Crippen LogP contribution in [0.5, 0.6) is 0 Å². The van der Waals surface area contributed by atoms with Gasteiger partial charge >= 0.3 is 0 Å². The number of aryl methyl sites for hydroxylation is 1. The highest BCUT2D eigenvalue weighted by atomic mass is 16.6. The minimum absolute atomic E-state index is 0.00586. The molecule has 0 fully saturated rings. The third kappa shape index (κ3) is 3.49. The molecule has 0 saturated heterocycles. The van der Waals surface area contributed by atoms with Crippen molar-refractivity contribution in [1.29, 1.82) is 5.26 Å². The summed E-state index contributed by atoms with van der Waals surface area (Å²) in [5.74, 6) is -1.64. The number of benzene rings is 1. The number of nitro benzene ring substituents is 2. The topological polar surface area (TPSA) is 169 Å². The zero-order valence-corrected chi connectivity index (χ0v) is 14.4. The molecule has 0 aliphatic heterocycles. The van der Waals surface area contributed by atoms with Crippen LogP contribution in [0.2, 0.25) is 0 Å². The van der Waals surface area contributed by atoms with Crippen LogP contribution in [-0.4, -0.2) is 21.5 Å². The van der Waals surface area contributed by atoms with Gasteiger partial charge in [-0.05, 0) is 20.8 Å². The van der Waals surface area contributed by atoms with Gasteiger partial charge in [0.1, 0.15) is 23.0 Å². The molecule has 1 amide bonds. The van der Waals surface area contributed by atoms with Crippen LogP contribution in [-0.2, 0) is 0 Å². The van der Waals surface area contributed by atoms with E-state index >= 15 is 0 Å². The molecule has 138 valence electrons. The second kappa shape index (κ2) is 7.04. The summed E-state index contributed by atoms with van der Waals surface area (Å²) >= 11 is 0. The number of anilines is 1. The highest BCUT2D eigenvalue weighted by Crippen LogP contribution is 2.31. The van der Waals surface area contributed by atoms with E-state index in [1.54, 1.807) is 6.07 Å². The molecule has 1 heterocycles. The zero-order valence-electron chi connectivity index (χ0n) is 14.4. The Morgan fingerprint density at radius 1 is 1.15 bits per heavy atom. The molecule has 2 aromatic rings. The zero-order chi connectivity index (χ0) is 20.5. The second-order valence-electron chi connectivity index (χ2n) is 5.51. The van der Waals surface area contributed by atoms with Gasteiger partial charge in [0.05, 0.1) is 21.0 Å². The van der Waals surface area contributed by atoms with Crippen molar-refractivity contribution >= 4 is 28.9 Å². The molecule has 0 radical (unpaired) electrons. The molecule has 0 spiro atoms. The predicted molar refractivity (Wildman–Crippen MR) is 90.6 cm³/mol. The van der Waals surface area contributed by atoms with Crippen molar-refractivity contribution in [1.82, 2.24) is 0 Å². The quantitative estimate of drug-likeness (QED) is 0.474. The Balaban J connectivity index is 2.53. The van der Waals surface area contributed by atoms with Crippen LogP contribution in [0.25, 0.3) is 0 Å². The SMILES string of the molecule is CC(=O)c1c(C)oc(NC(=O)c2cc([N+](=O)[O-])c(C)c([N+](=O)[O-])c2)c1C#N. The summed E-state index contributed by atoms with van der Waals surface area (Å²) in [6.07, 6.45) is 0. The fourth-order valence-electron chi connectivity index (χ4n) is 2.53. The van der Waals surface area contributed by atoms with Crippen molar-refractivity contribution in [2.24, 2.45) is 0 Å². The van der Waals surface area contributed by atoms with Gasteiger partial charge in [-0.1, -0.05) is 0 Å². The Bertz CT molecular complexity index is 1010. The summed E-state index contributed by atoms with van der Waals surface area (Å²) in [6.45, 7) is 3.84. The third-order valence-corrected chi connectivity index (χ3v) is 3.78. The molecule has 0 unspecified atom stereocenters. The van der Waals surface area contributed by atoms with Crippen molar-refractivity contribution < 1.29 is 23.9 Å². The summed E-state index contributed by atoms with van der Waals surface area (Å²) in [5, 5.41) is 33.7. The van der Waals surface area contributed by atoms with Crippen molar-refractivity contribution in [3.63, 3.8) is 0 Å². The van der Waals surface area contributed by atoms with Crippen LogP contribution in [0.4, 0.5) is 17.3 Å². The van der Waals surface area contributed by atoms with Crippen LogP contribution < -0.4 is 5.32 Å². The van der Waals surface area contributed by atoms with Crippen molar-refractivity contribution in [3.05, 3.63) is 60.4 Å². The molecule has 0 aliphatic rings. The largest absolute Gasteiger partial charge is 0.443 e. The maximum Gasteiger partial charge on any atom is 0.279 e. The molecule has 1 aromatic heterocycles. The molecule has 0 atom stereocenters. The maximum atomic E-state index is 12.4. The smallest absolute Gasteiger partial charge is 0.279 e. The first-order chi connectivity index (χ1) is 12.6. The average Bonchev–Trinajstić information content (AvgIpc) is 2.89. The lowest BCUT2D eigenvalue weighted by Crippen LogP contribution is -2.14. The van der Waals surface area contributed by atoms with Gasteiger partial charge in [0, 0.05) is 12.1 Å². The summed E-state index contributed by atoms with van der Waals surface area (Å²) in [4.78, 5) is 44.6. The van der Waals surface area contributed by atoms with E-state index in [9.17, 15) is 35.1 Å². The number of nitriles is 1. The minimum atomic E-state index is -0.971. The fourth-order valence-corrected chi connectivity index (χ4v) is 2.53. The summed E-state index contributed by atoms with van der Waals surface area (Å²) in [5.41, 5.74) is -1.99. The summed E-state index contributed by atoms with van der Waals surface area (Å²) in [7, 11) is 0. The van der Waals surface area contributed by atoms with E-state index < -0.39 is 32.9 Å². The molecular formula is C16H12N4O7. The fraction of sp³-hybridized carbons (Fsp3) is 0.188. The van der Waals surface area contributed by atoms with E-state index in [4.69, 9.17) is 4.42 Å². The second-order valence-corrected chi connectivity index (χ2v) is 5.51. The van der Waals surface area contributed by atoms with E-state index in [0.29, 0.717) is 0 Å². The van der Waals surface area contributed by atoms with Crippen LogP contribution in [0, 0.1) is 45.4 Å². The van der Waals surface area contributed by atoms with Crippen LogP contribution in [0.3, 0.4) is 0 Å². The van der Waals surface area contributed by atoms with Gasteiger partial charge in [-0.2, -0.15) is 5.26 Å². The molecule has 11 nitrogen and oxygen atoms in total. The van der Waals surface area contributed by atoms with Gasteiger partial charge in [0.2, 0.25) is 5.88 Å². The first-order valence-corrected chi connectivity index (χ1v) is 7.37. The van der Waals surface area contributed by atoms with E-state index in [1.165, 1.54) is 20.8 Å². The summed E-state index contributed by atoms with van der Waals surface area (Å²) in [6, 6.07) is 3.51. The van der Waals surface area contributed by atoms with Crippen molar-refractivity contribution in [2.45, 2.75) is 20.8 Å². The van der Waals surface area contributed by atoms with E-state index in [-0.39, 0.29) is 33.9 Å². The van der Waals surface area contributed by atoms with Gasteiger partial charge in [0.15, 0.2) is 5.78 Å². The number of rotatable bonds is 5. The van der Waals surface area contributed by atoms with Gasteiger partial charge in [0.25, 0.3) is 17.3 Å². The van der Waals surface area contributed by atoms with Crippen LogP contribution >= 0.6 is 0 Å². The number of carbonyl (C=O) groups is 2. The van der Waals surface area contributed by atoms with E-state index in [0.717, 1.165) is 12.1 Å². The summed E-state index contributed by atoms with van der Waals surface area (Å²) < 4.78 is 5.23. The minimum Gasteiger partial charge on any atom is -0.443 e. The number of carbonyl (C=O) groups excluding carboxylic acids is 2. The number of nitrogens with zero attached hydrogens (tertiary/aromatic N) is 3. The first-order valence-electron chi connectivity index (χ1n) is 7.37. The molecule has 11 heteroatoms. The van der Waals surface area contributed by atoms with Gasteiger partial charge in [-0.3, -0.25) is 35.1 Å². The monoisotopic (exact) mass is 372 g/mol. The Hall–Kier alpha value is -4.07. The lowest BCUT2D eigenvalue weighted by atomic mass is 10.1. The van der Waals surface area contributed by atoms with Crippen LogP contribution in [0.15, 0.2) is 16.5 Å². The number of hydrogen-bond acceptors (Lipinski definition) is 8. The molecule has 0 aliphatic carbocycles. The molecule has 0 bridgehead atoms. The van der Waals surface area contributed by atoms with E-state index in [2.05, 4.69) is 5.32 Å². The predicted octanol–water partition coefficient (Wildman–Crippen LogP) is 3.04. The van der Waals surface area contributed by atoms with E-state index in [1.807, 2.05) is 0 Å². The number of furan rings is 1. The number of hydrogen-bond donors (Lipinski definition) is 1. The highest BCUT2D eigenvalue weighted by Gasteiger charge is 2.27. The average molecular weight is 372 g/mol. The molecule has 0 saturated carbocycles. The number of amides is 1. The third-order valence-electron chi connectivity index (χ3n) is 3.78. The Kier molecular flexibility index (Phi) is 5.02. The molecule has 2 rings (SSSR count). The van der Waals surface area contributed by atoms with Crippen molar-refractivity contribution in [3.8, 4) is 6.07 Å². The number of Topliss-reactive ketones (excluding diaryl/α,β-unsaturated/α-hetero) is 1. The number of nitrogens with one attached hydrogen (secondary N) is 1. The standard InChI is InChI=1S/C16H12N4O7/c1-7-12(19(23)24)4-10(5-13(7)20(25)26)15(22)18-16-11(6-17)14(8(2)21)9(3)27-16/h4-5H,1-3H3,(H,18,22). The molecule has 1 N–H and O–H groups in total. The number of nitro groups is 2. The maximum absolute atomic E-state index is 12.4. The van der Waals surface area contributed by atoms with Gasteiger partial charge in [-0.25, -0.2) is 0 Å². The lowest BCUT2D eigenvalue weighted by molar-refractivity contribution is -0.395. The highest BCUT2D eigenvalue weighted by molar-refractivity contribution is 6.07. The molecule has 27 heavy (non-hydrogen) atoms. The Morgan fingerprint density at radius 3 is 2.07 bits per heavy atom. The lowest BCUT2D eigenvalue weighted by Gasteiger charge is -2.05. The van der Waals surface area contributed by atoms with Gasteiger partial charge in [-0.15, -0.1) is 0 Å². The Morgan fingerprint density at radius 2 is 1.67 bits per heavy atom. The first kappa shape index (κ1) is 19.3. The Labute approximate surface area is 151 Å². The van der Waals surface area contributed by atoms with Crippen molar-refractivity contribution in [2.75, 3.05) is 5.32 Å². The molecular weight excluding hydrogens is 360 g/mol. The van der Waals surface area contributed by atoms with Gasteiger partial charge < -0.3 is 4.42 Å². The number of ketones is 1.